The zero-order chi connectivity index (χ0) is 13.7. The zero-order valence-corrected chi connectivity index (χ0v) is 12.8. The van der Waals surface area contributed by atoms with Crippen LogP contribution in [0.3, 0.4) is 0 Å². The van der Waals surface area contributed by atoms with E-state index >= 15 is 0 Å². The highest BCUT2D eigenvalue weighted by atomic mass is 32.1. The summed E-state index contributed by atoms with van der Waals surface area (Å²) in [6.07, 6.45) is 4.40. The fourth-order valence-electron chi connectivity index (χ4n) is 2.30. The van der Waals surface area contributed by atoms with E-state index in [0.717, 1.165) is 19.5 Å². The van der Waals surface area contributed by atoms with Gasteiger partial charge in [0.25, 0.3) is 0 Å². The minimum absolute atomic E-state index is 0.383. The molecule has 1 N–H and O–H groups in total. The molecule has 0 amide bonds. The van der Waals surface area contributed by atoms with Gasteiger partial charge in [0.1, 0.15) is 0 Å². The van der Waals surface area contributed by atoms with Crippen molar-refractivity contribution < 1.29 is 0 Å². The molecule has 104 valence electrons. The fourth-order valence-corrected chi connectivity index (χ4v) is 3.19. The fraction of sp³-hybridized carbons (Fsp3) is 0.533. The molecule has 0 aliphatic heterocycles. The number of aromatic nitrogens is 2. The molecule has 0 saturated heterocycles. The summed E-state index contributed by atoms with van der Waals surface area (Å²) in [6.45, 7) is 8.41. The Morgan fingerprint density at radius 2 is 2.26 bits per heavy atom. The normalized spacial score (nSPS) is 12.8. The Balaban J connectivity index is 2.08. The van der Waals surface area contributed by atoms with Gasteiger partial charge in [0.15, 0.2) is 0 Å². The standard InChI is InChI=1S/C15H23N3S/c1-4-7-15-17-13(11-19-15)10-18-9-6-8-14(18)12(3)16-5-2/h6,8-9,11-12,16H,4-5,7,10H2,1-3H3. The van der Waals surface area contributed by atoms with Crippen molar-refractivity contribution in [3.63, 3.8) is 0 Å². The Hall–Kier alpha value is -1.13. The van der Waals surface area contributed by atoms with Gasteiger partial charge in [-0.1, -0.05) is 13.8 Å². The van der Waals surface area contributed by atoms with E-state index < -0.39 is 0 Å². The summed E-state index contributed by atoms with van der Waals surface area (Å²) in [5.41, 5.74) is 2.50. The van der Waals surface area contributed by atoms with E-state index in [2.05, 4.69) is 54.4 Å². The van der Waals surface area contributed by atoms with E-state index in [-0.39, 0.29) is 0 Å². The molecule has 0 radical (unpaired) electrons. The summed E-state index contributed by atoms with van der Waals surface area (Å²) >= 11 is 1.78. The summed E-state index contributed by atoms with van der Waals surface area (Å²) in [5, 5.41) is 6.90. The Labute approximate surface area is 119 Å². The molecule has 19 heavy (non-hydrogen) atoms. The molecule has 0 saturated carbocycles. The lowest BCUT2D eigenvalue weighted by Crippen LogP contribution is -2.20. The van der Waals surface area contributed by atoms with Crippen molar-refractivity contribution in [1.29, 1.82) is 0 Å². The van der Waals surface area contributed by atoms with E-state index in [1.807, 2.05) is 0 Å². The zero-order valence-electron chi connectivity index (χ0n) is 12.0. The highest BCUT2D eigenvalue weighted by Gasteiger charge is 2.10. The van der Waals surface area contributed by atoms with Gasteiger partial charge in [-0.3, -0.25) is 0 Å². The number of rotatable bonds is 7. The number of hydrogen-bond acceptors (Lipinski definition) is 3. The third-order valence-electron chi connectivity index (χ3n) is 3.21. The molecule has 3 nitrogen and oxygen atoms in total. The topological polar surface area (TPSA) is 29.9 Å². The molecule has 0 aromatic carbocycles. The second-order valence-electron chi connectivity index (χ2n) is 4.82. The minimum Gasteiger partial charge on any atom is -0.344 e. The SMILES string of the molecule is CCCc1nc(Cn2cccc2C(C)NCC)cs1. The molecule has 0 aliphatic carbocycles. The second-order valence-corrected chi connectivity index (χ2v) is 5.77. The maximum Gasteiger partial charge on any atom is 0.0928 e. The number of thiazole rings is 1. The molecule has 1 atom stereocenters. The summed E-state index contributed by atoms with van der Waals surface area (Å²) in [5.74, 6) is 0. The Kier molecular flexibility index (Phi) is 5.16. The Bertz CT molecular complexity index is 501. The van der Waals surface area contributed by atoms with Gasteiger partial charge in [0.05, 0.1) is 17.2 Å². The molecule has 0 fully saturated rings. The average molecular weight is 277 g/mol. The number of nitrogens with zero attached hydrogens (tertiary/aromatic N) is 2. The van der Waals surface area contributed by atoms with E-state index in [0.29, 0.717) is 6.04 Å². The van der Waals surface area contributed by atoms with E-state index in [9.17, 15) is 0 Å². The number of hydrogen-bond donors (Lipinski definition) is 1. The molecule has 2 aromatic rings. The lowest BCUT2D eigenvalue weighted by molar-refractivity contribution is 0.552. The third-order valence-corrected chi connectivity index (χ3v) is 4.17. The van der Waals surface area contributed by atoms with Crippen LogP contribution in [0.4, 0.5) is 0 Å². The maximum atomic E-state index is 4.70. The quantitative estimate of drug-likeness (QED) is 0.838. The van der Waals surface area contributed by atoms with Gasteiger partial charge in [-0.2, -0.15) is 0 Å². The van der Waals surface area contributed by atoms with Crippen LogP contribution >= 0.6 is 11.3 Å². The van der Waals surface area contributed by atoms with Crippen LogP contribution in [-0.2, 0) is 13.0 Å². The van der Waals surface area contributed by atoms with Crippen LogP contribution in [0, 0.1) is 0 Å². The molecule has 0 spiro atoms. The second kappa shape index (κ2) is 6.87. The van der Waals surface area contributed by atoms with E-state index in [1.54, 1.807) is 11.3 Å². The molecule has 2 rings (SSSR count). The molecule has 0 aliphatic rings. The largest absolute Gasteiger partial charge is 0.344 e. The molecule has 4 heteroatoms. The predicted molar refractivity (Wildman–Crippen MR) is 81.7 cm³/mol. The first-order valence-electron chi connectivity index (χ1n) is 7.06. The van der Waals surface area contributed by atoms with Crippen molar-refractivity contribution in [1.82, 2.24) is 14.9 Å². The third kappa shape index (κ3) is 3.67. The van der Waals surface area contributed by atoms with Crippen LogP contribution in [-0.4, -0.2) is 16.1 Å². The average Bonchev–Trinajstić information content (AvgIpc) is 3.00. The number of aryl methyl sites for hydroxylation is 1. The summed E-state index contributed by atoms with van der Waals surface area (Å²) in [6, 6.07) is 4.68. The first-order valence-corrected chi connectivity index (χ1v) is 7.94. The first-order chi connectivity index (χ1) is 9.24. The van der Waals surface area contributed by atoms with Crippen molar-refractivity contribution in [2.24, 2.45) is 0 Å². The van der Waals surface area contributed by atoms with Crippen molar-refractivity contribution in [3.05, 3.63) is 40.1 Å². The van der Waals surface area contributed by atoms with Crippen LogP contribution in [0.25, 0.3) is 0 Å². The lowest BCUT2D eigenvalue weighted by Gasteiger charge is -2.15. The molecular formula is C15H23N3S. The molecule has 2 aromatic heterocycles. The monoisotopic (exact) mass is 277 g/mol. The highest BCUT2D eigenvalue weighted by Crippen LogP contribution is 2.17. The van der Waals surface area contributed by atoms with Gasteiger partial charge in [-0.05, 0) is 38.4 Å². The predicted octanol–water partition coefficient (Wildman–Crippen LogP) is 3.62. The summed E-state index contributed by atoms with van der Waals surface area (Å²) in [4.78, 5) is 4.70. The van der Waals surface area contributed by atoms with Crippen LogP contribution in [0.15, 0.2) is 23.7 Å². The van der Waals surface area contributed by atoms with Crippen molar-refractivity contribution >= 4 is 11.3 Å². The minimum atomic E-state index is 0.383. The van der Waals surface area contributed by atoms with Crippen molar-refractivity contribution in [3.8, 4) is 0 Å². The van der Waals surface area contributed by atoms with Gasteiger partial charge in [-0.25, -0.2) is 4.98 Å². The Morgan fingerprint density at radius 1 is 1.42 bits per heavy atom. The summed E-state index contributed by atoms with van der Waals surface area (Å²) in [7, 11) is 0. The van der Waals surface area contributed by atoms with Gasteiger partial charge in [-0.15, -0.1) is 11.3 Å². The highest BCUT2D eigenvalue weighted by molar-refractivity contribution is 7.09. The van der Waals surface area contributed by atoms with E-state index in [4.69, 9.17) is 4.98 Å². The molecular weight excluding hydrogens is 254 g/mol. The Morgan fingerprint density at radius 3 is 3.00 bits per heavy atom. The van der Waals surface area contributed by atoms with Crippen LogP contribution in [0.5, 0.6) is 0 Å². The molecule has 2 heterocycles. The lowest BCUT2D eigenvalue weighted by atomic mass is 10.2. The number of nitrogens with one attached hydrogen (secondary N) is 1. The van der Waals surface area contributed by atoms with Gasteiger partial charge in [0, 0.05) is 23.3 Å². The molecule has 0 bridgehead atoms. The summed E-state index contributed by atoms with van der Waals surface area (Å²) < 4.78 is 2.29. The van der Waals surface area contributed by atoms with Crippen LogP contribution in [0.1, 0.15) is 49.6 Å². The maximum absolute atomic E-state index is 4.70. The first kappa shape index (κ1) is 14.3. The van der Waals surface area contributed by atoms with Crippen LogP contribution < -0.4 is 5.32 Å². The van der Waals surface area contributed by atoms with Gasteiger partial charge in [0.2, 0.25) is 0 Å². The van der Waals surface area contributed by atoms with Gasteiger partial charge >= 0.3 is 0 Å². The van der Waals surface area contributed by atoms with Gasteiger partial charge < -0.3 is 9.88 Å². The van der Waals surface area contributed by atoms with Crippen molar-refractivity contribution in [2.45, 2.75) is 46.2 Å². The van der Waals surface area contributed by atoms with Crippen molar-refractivity contribution in [2.75, 3.05) is 6.54 Å². The molecule has 1 unspecified atom stereocenters. The van der Waals surface area contributed by atoms with Crippen LogP contribution in [0.2, 0.25) is 0 Å². The smallest absolute Gasteiger partial charge is 0.0928 e. The van der Waals surface area contributed by atoms with E-state index in [1.165, 1.54) is 22.8 Å².